The van der Waals surface area contributed by atoms with Gasteiger partial charge in [-0.15, -0.1) is 0 Å². The number of nitrogens with zero attached hydrogens (tertiary/aromatic N) is 1. The highest BCUT2D eigenvalue weighted by atomic mass is 19.4. The van der Waals surface area contributed by atoms with E-state index in [2.05, 4.69) is 4.74 Å². The van der Waals surface area contributed by atoms with Gasteiger partial charge < -0.3 is 4.74 Å². The maximum Gasteiger partial charge on any atom is 0.416 e. The first-order valence-electron chi connectivity index (χ1n) is 5.34. The van der Waals surface area contributed by atoms with Crippen LogP contribution in [-0.2, 0) is 15.7 Å². The fraction of sp³-hybridized carbons (Fsp3) is 0.231. The normalized spacial score (nSPS) is 11.3. The van der Waals surface area contributed by atoms with Gasteiger partial charge in [0.1, 0.15) is 0 Å². The summed E-state index contributed by atoms with van der Waals surface area (Å²) in [6, 6.07) is 4.51. The number of carbonyl (C=O) groups excluding carboxylic acids is 1. The van der Waals surface area contributed by atoms with Crippen molar-refractivity contribution in [2.45, 2.75) is 13.1 Å². The third-order valence-corrected chi connectivity index (χ3v) is 2.11. The summed E-state index contributed by atoms with van der Waals surface area (Å²) < 4.78 is 42.3. The Labute approximate surface area is 107 Å². The van der Waals surface area contributed by atoms with Crippen LogP contribution in [0.2, 0.25) is 0 Å². The minimum atomic E-state index is -4.54. The van der Waals surface area contributed by atoms with E-state index in [4.69, 9.17) is 5.26 Å². The zero-order valence-electron chi connectivity index (χ0n) is 9.99. The Morgan fingerprint density at radius 1 is 1.42 bits per heavy atom. The van der Waals surface area contributed by atoms with Gasteiger partial charge in [0.25, 0.3) is 0 Å². The Morgan fingerprint density at radius 3 is 2.63 bits per heavy atom. The highest BCUT2D eigenvalue weighted by Gasteiger charge is 2.31. The quantitative estimate of drug-likeness (QED) is 0.625. The molecule has 0 heterocycles. The van der Waals surface area contributed by atoms with Gasteiger partial charge in [0, 0.05) is 6.08 Å². The molecule has 0 radical (unpaired) electrons. The minimum absolute atomic E-state index is 0.111. The SMILES string of the molecule is CCOC(=O)C=Cc1cc(C#N)cc(C(F)(F)F)c1. The lowest BCUT2D eigenvalue weighted by atomic mass is 10.1. The second-order valence-electron chi connectivity index (χ2n) is 3.54. The number of carbonyl (C=O) groups is 1. The van der Waals surface area contributed by atoms with Crippen LogP contribution in [0.15, 0.2) is 24.3 Å². The summed E-state index contributed by atoms with van der Waals surface area (Å²) in [5.74, 6) is -0.654. The summed E-state index contributed by atoms with van der Waals surface area (Å²) in [4.78, 5) is 11.1. The first-order chi connectivity index (χ1) is 8.86. The van der Waals surface area contributed by atoms with Crippen LogP contribution in [0.5, 0.6) is 0 Å². The predicted molar refractivity (Wildman–Crippen MR) is 61.8 cm³/mol. The minimum Gasteiger partial charge on any atom is -0.463 e. The zero-order chi connectivity index (χ0) is 14.5. The second kappa shape index (κ2) is 6.05. The monoisotopic (exact) mass is 269 g/mol. The Kier molecular flexibility index (Phi) is 4.70. The van der Waals surface area contributed by atoms with Gasteiger partial charge >= 0.3 is 12.1 Å². The number of hydrogen-bond acceptors (Lipinski definition) is 3. The van der Waals surface area contributed by atoms with E-state index in [1.54, 1.807) is 13.0 Å². The van der Waals surface area contributed by atoms with Crippen LogP contribution < -0.4 is 0 Å². The molecular formula is C13H10F3NO2. The van der Waals surface area contributed by atoms with Crippen molar-refractivity contribution in [3.63, 3.8) is 0 Å². The number of benzene rings is 1. The summed E-state index contributed by atoms with van der Waals surface area (Å²) in [7, 11) is 0. The largest absolute Gasteiger partial charge is 0.463 e. The van der Waals surface area contributed by atoms with Gasteiger partial charge in [-0.1, -0.05) is 0 Å². The molecule has 0 aromatic heterocycles. The van der Waals surface area contributed by atoms with E-state index in [0.717, 1.165) is 18.2 Å². The van der Waals surface area contributed by atoms with Crippen LogP contribution in [0.4, 0.5) is 13.2 Å². The molecule has 1 aromatic rings. The predicted octanol–water partition coefficient (Wildman–Crippen LogP) is 3.15. The molecule has 0 saturated heterocycles. The standard InChI is InChI=1S/C13H10F3NO2/c1-2-19-12(18)4-3-9-5-10(8-17)7-11(6-9)13(14,15)16/h3-7H,2H2,1H3. The number of esters is 1. The fourth-order valence-electron chi connectivity index (χ4n) is 1.33. The van der Waals surface area contributed by atoms with Crippen LogP contribution >= 0.6 is 0 Å². The van der Waals surface area contributed by atoms with E-state index in [9.17, 15) is 18.0 Å². The lowest BCUT2D eigenvalue weighted by molar-refractivity contribution is -0.138. The molecule has 19 heavy (non-hydrogen) atoms. The van der Waals surface area contributed by atoms with Crippen molar-refractivity contribution in [2.75, 3.05) is 6.61 Å². The van der Waals surface area contributed by atoms with Gasteiger partial charge in [-0.3, -0.25) is 0 Å². The molecule has 0 fully saturated rings. The topological polar surface area (TPSA) is 50.1 Å². The van der Waals surface area contributed by atoms with Crippen molar-refractivity contribution >= 4 is 12.0 Å². The molecule has 1 aromatic carbocycles. The Bertz CT molecular complexity index is 542. The van der Waals surface area contributed by atoms with E-state index < -0.39 is 17.7 Å². The van der Waals surface area contributed by atoms with Crippen LogP contribution in [0.1, 0.15) is 23.6 Å². The first-order valence-corrected chi connectivity index (χ1v) is 5.34. The molecule has 0 aliphatic carbocycles. The van der Waals surface area contributed by atoms with Crippen molar-refractivity contribution in [2.24, 2.45) is 0 Å². The molecular weight excluding hydrogens is 259 g/mol. The third-order valence-electron chi connectivity index (χ3n) is 2.11. The van der Waals surface area contributed by atoms with Crippen molar-refractivity contribution < 1.29 is 22.7 Å². The highest BCUT2D eigenvalue weighted by Crippen LogP contribution is 2.30. The van der Waals surface area contributed by atoms with Gasteiger partial charge in [0.15, 0.2) is 0 Å². The lowest BCUT2D eigenvalue weighted by Gasteiger charge is -2.07. The fourth-order valence-corrected chi connectivity index (χ4v) is 1.33. The van der Waals surface area contributed by atoms with E-state index >= 15 is 0 Å². The first kappa shape index (κ1) is 14.8. The van der Waals surface area contributed by atoms with Crippen molar-refractivity contribution in [1.29, 1.82) is 5.26 Å². The maximum absolute atomic E-state index is 12.6. The number of nitriles is 1. The van der Waals surface area contributed by atoms with Crippen molar-refractivity contribution in [3.8, 4) is 6.07 Å². The van der Waals surface area contributed by atoms with E-state index in [-0.39, 0.29) is 17.7 Å². The zero-order valence-corrected chi connectivity index (χ0v) is 9.99. The third kappa shape index (κ3) is 4.47. The van der Waals surface area contributed by atoms with E-state index in [0.29, 0.717) is 0 Å². The molecule has 0 saturated carbocycles. The van der Waals surface area contributed by atoms with Gasteiger partial charge in [0.2, 0.25) is 0 Å². The number of hydrogen-bond donors (Lipinski definition) is 0. The number of rotatable bonds is 3. The molecule has 0 bridgehead atoms. The summed E-state index contributed by atoms with van der Waals surface area (Å²) in [6.07, 6.45) is -2.35. The molecule has 0 aliphatic heterocycles. The smallest absolute Gasteiger partial charge is 0.416 e. The summed E-state index contributed by atoms with van der Waals surface area (Å²) in [6.45, 7) is 1.79. The molecule has 0 amide bonds. The number of alkyl halides is 3. The molecule has 6 heteroatoms. The molecule has 1 rings (SSSR count). The molecule has 3 nitrogen and oxygen atoms in total. The van der Waals surface area contributed by atoms with Crippen molar-refractivity contribution in [3.05, 3.63) is 41.0 Å². The molecule has 100 valence electrons. The summed E-state index contributed by atoms with van der Waals surface area (Å²) in [5.41, 5.74) is -0.951. The highest BCUT2D eigenvalue weighted by molar-refractivity contribution is 5.87. The average molecular weight is 269 g/mol. The Balaban J connectivity index is 3.09. The van der Waals surface area contributed by atoms with E-state index in [1.165, 1.54) is 12.1 Å². The number of ether oxygens (including phenoxy) is 1. The second-order valence-corrected chi connectivity index (χ2v) is 3.54. The molecule has 0 N–H and O–H groups in total. The molecule has 0 atom stereocenters. The summed E-state index contributed by atoms with van der Waals surface area (Å²) >= 11 is 0. The van der Waals surface area contributed by atoms with Gasteiger partial charge in [-0.25, -0.2) is 4.79 Å². The number of halogens is 3. The Hall–Kier alpha value is -2.29. The van der Waals surface area contributed by atoms with Crippen LogP contribution in [0.25, 0.3) is 6.08 Å². The molecule has 0 spiro atoms. The van der Waals surface area contributed by atoms with Gasteiger partial charge in [0.05, 0.1) is 23.8 Å². The van der Waals surface area contributed by atoms with Crippen LogP contribution in [0, 0.1) is 11.3 Å². The van der Waals surface area contributed by atoms with E-state index in [1.807, 2.05) is 0 Å². The molecule has 0 unspecified atom stereocenters. The maximum atomic E-state index is 12.6. The van der Waals surface area contributed by atoms with Crippen LogP contribution in [0.3, 0.4) is 0 Å². The van der Waals surface area contributed by atoms with Crippen molar-refractivity contribution in [1.82, 2.24) is 0 Å². The lowest BCUT2D eigenvalue weighted by Crippen LogP contribution is -2.05. The van der Waals surface area contributed by atoms with Crippen LogP contribution in [-0.4, -0.2) is 12.6 Å². The Morgan fingerprint density at radius 2 is 2.11 bits per heavy atom. The molecule has 0 aliphatic rings. The summed E-state index contributed by atoms with van der Waals surface area (Å²) in [5, 5.41) is 8.68. The average Bonchev–Trinajstić information content (AvgIpc) is 2.35. The van der Waals surface area contributed by atoms with Gasteiger partial charge in [-0.2, -0.15) is 18.4 Å². The van der Waals surface area contributed by atoms with Gasteiger partial charge in [-0.05, 0) is 36.8 Å².